The van der Waals surface area contributed by atoms with Gasteiger partial charge in [-0.2, -0.15) is 8.42 Å². The lowest BCUT2D eigenvalue weighted by atomic mass is 9.85. The van der Waals surface area contributed by atoms with Crippen LogP contribution >= 0.6 is 0 Å². The number of carbonyl (C=O) groups is 4. The van der Waals surface area contributed by atoms with Crippen LogP contribution in [0.4, 0.5) is 4.79 Å². The van der Waals surface area contributed by atoms with Crippen molar-refractivity contribution in [3.8, 4) is 0 Å². The number of nitrogens with two attached hydrogens (primary N) is 1. The highest BCUT2D eigenvalue weighted by atomic mass is 32.3. The third kappa shape index (κ3) is 9.95. The number of primary amides is 1. The van der Waals surface area contributed by atoms with E-state index >= 15 is 0 Å². The first-order chi connectivity index (χ1) is 20.5. The van der Waals surface area contributed by atoms with Gasteiger partial charge in [0.2, 0.25) is 11.6 Å². The van der Waals surface area contributed by atoms with Gasteiger partial charge in [-0.3, -0.25) is 18.9 Å². The Morgan fingerprint density at radius 2 is 1.75 bits per heavy atom. The van der Waals surface area contributed by atoms with Crippen LogP contribution in [0.3, 0.4) is 0 Å². The van der Waals surface area contributed by atoms with Gasteiger partial charge in [-0.05, 0) is 38.2 Å². The smallest absolute Gasteiger partial charge is 0.405 e. The summed E-state index contributed by atoms with van der Waals surface area (Å²) >= 11 is 0. The largest absolute Gasteiger partial charge is 0.492 e. The van der Waals surface area contributed by atoms with Crippen molar-refractivity contribution >= 4 is 34.0 Å². The molecular formula is C29H40N2O12S. The molecule has 0 saturated carbocycles. The molecule has 0 aromatic rings. The summed E-state index contributed by atoms with van der Waals surface area (Å²) in [7, 11) is -1.05. The van der Waals surface area contributed by atoms with E-state index in [4.69, 9.17) is 28.9 Å². The Labute approximate surface area is 256 Å². The molecule has 1 aliphatic carbocycles. The zero-order valence-electron chi connectivity index (χ0n) is 25.7. The average molecular weight is 641 g/mol. The minimum atomic E-state index is -4.97. The quantitative estimate of drug-likeness (QED) is 0.217. The topological polar surface area (TPSA) is 207 Å². The molecule has 0 aromatic heterocycles. The number of rotatable bonds is 6. The highest BCUT2D eigenvalue weighted by molar-refractivity contribution is 7.80. The summed E-state index contributed by atoms with van der Waals surface area (Å²) in [5.74, 6) is -3.29. The lowest BCUT2D eigenvalue weighted by molar-refractivity contribution is -0.120. The van der Waals surface area contributed by atoms with Crippen LogP contribution in [0.25, 0.3) is 0 Å². The normalized spacial score (nSPS) is 31.2. The molecule has 44 heavy (non-hydrogen) atoms. The van der Waals surface area contributed by atoms with Gasteiger partial charge in [-0.1, -0.05) is 38.2 Å². The highest BCUT2D eigenvalue weighted by Crippen LogP contribution is 2.31. The van der Waals surface area contributed by atoms with E-state index in [0.717, 1.165) is 6.08 Å². The molecule has 2 rings (SSSR count). The van der Waals surface area contributed by atoms with Crippen LogP contribution in [0.15, 0.2) is 58.6 Å². The van der Waals surface area contributed by atoms with Crippen molar-refractivity contribution in [2.75, 3.05) is 21.3 Å². The molecule has 6 atom stereocenters. The zero-order chi connectivity index (χ0) is 33.4. The molecule has 0 radical (unpaired) electrons. The number of ketones is 2. The van der Waals surface area contributed by atoms with Crippen molar-refractivity contribution in [1.82, 2.24) is 5.32 Å². The lowest BCUT2D eigenvalue weighted by Gasteiger charge is -2.31. The van der Waals surface area contributed by atoms with Gasteiger partial charge in [-0.25, -0.2) is 8.98 Å². The molecule has 0 unspecified atom stereocenters. The fourth-order valence-corrected chi connectivity index (χ4v) is 5.64. The maximum atomic E-state index is 13.4. The van der Waals surface area contributed by atoms with Crippen molar-refractivity contribution < 1.29 is 55.3 Å². The number of hydrogen-bond acceptors (Lipinski definition) is 11. The van der Waals surface area contributed by atoms with E-state index in [-0.39, 0.29) is 35.4 Å². The van der Waals surface area contributed by atoms with E-state index in [2.05, 4.69) is 5.32 Å². The minimum Gasteiger partial charge on any atom is -0.492 e. The van der Waals surface area contributed by atoms with E-state index in [1.165, 1.54) is 46.5 Å². The van der Waals surface area contributed by atoms with Gasteiger partial charge in [0, 0.05) is 37.4 Å². The molecule has 2 bridgehead atoms. The molecule has 4 N–H and O–H groups in total. The number of ether oxygens (including phenoxy) is 4. The molecule has 2 aliphatic rings. The van der Waals surface area contributed by atoms with Crippen LogP contribution in [0.1, 0.15) is 40.5 Å². The Morgan fingerprint density at radius 1 is 1.09 bits per heavy atom. The minimum absolute atomic E-state index is 0.00966. The molecule has 0 saturated heterocycles. The number of hydrogen-bond donors (Lipinski definition) is 3. The van der Waals surface area contributed by atoms with Crippen LogP contribution in [0.5, 0.6) is 0 Å². The van der Waals surface area contributed by atoms with Crippen molar-refractivity contribution in [3.05, 3.63) is 58.6 Å². The predicted octanol–water partition coefficient (Wildman–Crippen LogP) is 2.24. The fraction of sp³-hybridized carbons (Fsp3) is 0.517. The number of nitrogens with one attached hydrogen (secondary N) is 1. The average Bonchev–Trinajstić information content (AvgIpc) is 2.93. The Balaban J connectivity index is 2.73. The zero-order valence-corrected chi connectivity index (χ0v) is 26.5. The summed E-state index contributed by atoms with van der Waals surface area (Å²) in [6.45, 7) is 6.43. The van der Waals surface area contributed by atoms with Crippen molar-refractivity contribution in [2.24, 2.45) is 17.6 Å². The first-order valence-corrected chi connectivity index (χ1v) is 15.0. The predicted molar refractivity (Wildman–Crippen MR) is 157 cm³/mol. The van der Waals surface area contributed by atoms with E-state index < -0.39 is 70.2 Å². The first-order valence-electron chi connectivity index (χ1n) is 13.6. The molecule has 244 valence electrons. The molecule has 15 heteroatoms. The maximum absolute atomic E-state index is 13.4. The Hall–Kier alpha value is -3.63. The fourth-order valence-electron chi connectivity index (χ4n) is 5.06. The van der Waals surface area contributed by atoms with Crippen molar-refractivity contribution in [1.29, 1.82) is 0 Å². The number of Topliss-reactive ketones (excluding diaryl/α,β-unsaturated/α-hetero) is 1. The first kappa shape index (κ1) is 36.6. The van der Waals surface area contributed by atoms with Crippen LogP contribution < -0.4 is 11.1 Å². The van der Waals surface area contributed by atoms with Gasteiger partial charge < -0.3 is 30.0 Å². The van der Waals surface area contributed by atoms with Gasteiger partial charge in [0.25, 0.3) is 5.91 Å². The number of allylic oxidation sites excluding steroid dienone is 4. The Morgan fingerprint density at radius 3 is 2.30 bits per heavy atom. The SMILES string of the molecule is COC1=C2C[C@@H](C)C[C@H](OC)[C@H](OS(=O)(=O)O)[C@@H](C)/C=C(\C)[C@H](OC(N)=O)[C@@H](OC)/C=C\C=C(/C)C(=O)NC(=CC1=O)C2=O. The van der Waals surface area contributed by atoms with E-state index in [1.54, 1.807) is 26.8 Å². The Kier molecular flexibility index (Phi) is 13.2. The molecule has 2 amide bonds. The molecule has 0 spiro atoms. The lowest BCUT2D eigenvalue weighted by Crippen LogP contribution is -2.40. The van der Waals surface area contributed by atoms with Crippen molar-refractivity contribution in [3.63, 3.8) is 0 Å². The summed E-state index contributed by atoms with van der Waals surface area (Å²) in [6, 6.07) is 0. The third-order valence-corrected chi connectivity index (χ3v) is 7.61. The maximum Gasteiger partial charge on any atom is 0.405 e. The van der Waals surface area contributed by atoms with E-state index in [9.17, 15) is 32.1 Å². The van der Waals surface area contributed by atoms with Crippen molar-refractivity contribution in [2.45, 2.75) is 65.0 Å². The highest BCUT2D eigenvalue weighted by Gasteiger charge is 2.36. The summed E-state index contributed by atoms with van der Waals surface area (Å²) in [4.78, 5) is 51.0. The molecule has 0 fully saturated rings. The number of carbonyl (C=O) groups excluding carboxylic acids is 4. The van der Waals surface area contributed by atoms with E-state index in [1.807, 2.05) is 0 Å². The monoisotopic (exact) mass is 640 g/mol. The van der Waals surface area contributed by atoms with Crippen LogP contribution in [0.2, 0.25) is 0 Å². The van der Waals surface area contributed by atoms with E-state index in [0.29, 0.717) is 5.57 Å². The van der Waals surface area contributed by atoms with Crippen LogP contribution in [0, 0.1) is 11.8 Å². The molecular weight excluding hydrogens is 600 g/mol. The summed E-state index contributed by atoms with van der Waals surface area (Å²) in [5.41, 5.74) is 5.66. The van der Waals surface area contributed by atoms with Gasteiger partial charge in [0.15, 0.2) is 11.9 Å². The second-order valence-corrected chi connectivity index (χ2v) is 11.6. The number of fused-ring (bicyclic) bond motifs is 2. The van der Waals surface area contributed by atoms with Gasteiger partial charge in [0.1, 0.15) is 12.2 Å². The van der Waals surface area contributed by atoms with Crippen LogP contribution in [-0.4, -0.2) is 82.3 Å². The van der Waals surface area contributed by atoms with Gasteiger partial charge >= 0.3 is 16.5 Å². The summed E-state index contributed by atoms with van der Waals surface area (Å²) in [6.07, 6.45) is 1.65. The summed E-state index contributed by atoms with van der Waals surface area (Å²) < 4.78 is 60.1. The second-order valence-electron chi connectivity index (χ2n) is 10.6. The molecule has 14 nitrogen and oxygen atoms in total. The summed E-state index contributed by atoms with van der Waals surface area (Å²) in [5, 5.41) is 2.47. The number of methoxy groups -OCH3 is 3. The van der Waals surface area contributed by atoms with Crippen LogP contribution in [-0.2, 0) is 47.9 Å². The van der Waals surface area contributed by atoms with Gasteiger partial charge in [-0.15, -0.1) is 0 Å². The Bertz CT molecular complexity index is 1390. The van der Waals surface area contributed by atoms with Gasteiger partial charge in [0.05, 0.1) is 18.9 Å². The third-order valence-electron chi connectivity index (χ3n) is 7.15. The number of amides is 2. The standard InChI is InChI=1S/C29H40N2O12S/c1-15-11-19-24(33)20(14-21(32)27(19)41-7)31-28(34)16(2)9-8-10-22(39-5)25(42-29(30)35)17(3)13-18(4)26(23(12-15)40-6)43-44(36,37)38/h8-10,13-15,18,22-23,25-26H,11-12H2,1-7H3,(H2,30,35)(H,31,34)(H,36,37,38)/b10-8-,16-9+,17-13+/t15-,18+,22+,23+,25+,26-/m1/s1. The molecule has 1 heterocycles. The second kappa shape index (κ2) is 15.9. The molecule has 1 aliphatic heterocycles. The molecule has 0 aromatic carbocycles.